The second kappa shape index (κ2) is 5.31. The van der Waals surface area contributed by atoms with Crippen molar-refractivity contribution in [3.05, 3.63) is 76.1 Å². The van der Waals surface area contributed by atoms with Gasteiger partial charge in [-0.1, -0.05) is 34.1 Å². The second-order valence-electron chi connectivity index (χ2n) is 4.53. The van der Waals surface area contributed by atoms with Gasteiger partial charge in [-0.25, -0.2) is 4.39 Å². The Morgan fingerprint density at radius 2 is 1.90 bits per heavy atom. The van der Waals surface area contributed by atoms with Crippen LogP contribution in [0.2, 0.25) is 0 Å². The molecule has 0 fully saturated rings. The third-order valence-corrected chi connectivity index (χ3v) is 3.90. The predicted molar refractivity (Wildman–Crippen MR) is 79.9 cm³/mol. The van der Waals surface area contributed by atoms with Crippen LogP contribution < -0.4 is 0 Å². The van der Waals surface area contributed by atoms with Gasteiger partial charge in [0.2, 0.25) is 0 Å². The zero-order valence-electron chi connectivity index (χ0n) is 10.4. The number of aliphatic hydroxyl groups is 1. The third kappa shape index (κ3) is 2.44. The van der Waals surface area contributed by atoms with Crippen molar-refractivity contribution in [3.8, 4) is 0 Å². The van der Waals surface area contributed by atoms with Crippen molar-refractivity contribution in [3.63, 3.8) is 0 Å². The summed E-state index contributed by atoms with van der Waals surface area (Å²) in [5, 5.41) is 11.4. The topological polar surface area (TPSA) is 33.1 Å². The van der Waals surface area contributed by atoms with Crippen molar-refractivity contribution >= 4 is 26.8 Å². The molecule has 1 aromatic heterocycles. The normalized spacial score (nSPS) is 12.6. The average Bonchev–Trinajstić information content (AvgIpc) is 2.48. The van der Waals surface area contributed by atoms with Crippen LogP contribution >= 0.6 is 15.9 Å². The third-order valence-electron chi connectivity index (χ3n) is 3.18. The lowest BCUT2D eigenvalue weighted by atomic mass is 10.0. The Kier molecular flexibility index (Phi) is 3.51. The van der Waals surface area contributed by atoms with Gasteiger partial charge >= 0.3 is 0 Å². The lowest BCUT2D eigenvalue weighted by Gasteiger charge is -2.13. The number of fused-ring (bicyclic) bond motifs is 1. The first-order valence-electron chi connectivity index (χ1n) is 6.13. The van der Waals surface area contributed by atoms with Gasteiger partial charge in [0.25, 0.3) is 0 Å². The Morgan fingerprint density at radius 3 is 2.75 bits per heavy atom. The Bertz CT molecular complexity index is 775. The van der Waals surface area contributed by atoms with E-state index < -0.39 is 6.10 Å². The highest BCUT2D eigenvalue weighted by molar-refractivity contribution is 9.10. The summed E-state index contributed by atoms with van der Waals surface area (Å²) in [7, 11) is 0. The number of para-hydroxylation sites is 1. The van der Waals surface area contributed by atoms with Gasteiger partial charge in [0.05, 0.1) is 5.52 Å². The van der Waals surface area contributed by atoms with E-state index in [9.17, 15) is 9.50 Å². The van der Waals surface area contributed by atoms with Crippen molar-refractivity contribution in [2.75, 3.05) is 0 Å². The van der Waals surface area contributed by atoms with Crippen molar-refractivity contribution in [2.45, 2.75) is 6.10 Å². The first kappa shape index (κ1) is 13.2. The van der Waals surface area contributed by atoms with Gasteiger partial charge in [-0.15, -0.1) is 0 Å². The molecule has 0 saturated heterocycles. The number of aliphatic hydroxyl groups excluding tert-OH is 1. The molecule has 2 nitrogen and oxygen atoms in total. The van der Waals surface area contributed by atoms with E-state index in [0.717, 1.165) is 10.9 Å². The molecule has 1 heterocycles. The SMILES string of the molecule is OC(c1cnc2ccccc2c1)c1cc(F)ccc1Br. The molecule has 20 heavy (non-hydrogen) atoms. The van der Waals surface area contributed by atoms with Gasteiger partial charge in [0, 0.05) is 27.2 Å². The van der Waals surface area contributed by atoms with Gasteiger partial charge in [-0.3, -0.25) is 4.98 Å². The summed E-state index contributed by atoms with van der Waals surface area (Å²) in [5.41, 5.74) is 1.99. The lowest BCUT2D eigenvalue weighted by Crippen LogP contribution is -2.02. The van der Waals surface area contributed by atoms with Crippen molar-refractivity contribution in [1.29, 1.82) is 0 Å². The molecule has 100 valence electrons. The van der Waals surface area contributed by atoms with Crippen LogP contribution in [0, 0.1) is 5.82 Å². The molecule has 3 rings (SSSR count). The maximum Gasteiger partial charge on any atom is 0.123 e. The summed E-state index contributed by atoms with van der Waals surface area (Å²) in [6.07, 6.45) is 0.696. The molecule has 0 bridgehead atoms. The van der Waals surface area contributed by atoms with Gasteiger partial charge in [-0.2, -0.15) is 0 Å². The summed E-state index contributed by atoms with van der Waals surface area (Å²) in [4.78, 5) is 4.31. The number of aromatic nitrogens is 1. The fraction of sp³-hybridized carbons (Fsp3) is 0.0625. The van der Waals surface area contributed by atoms with Crippen LogP contribution in [0.5, 0.6) is 0 Å². The summed E-state index contributed by atoms with van der Waals surface area (Å²) >= 11 is 3.33. The van der Waals surface area contributed by atoms with Crippen LogP contribution in [0.25, 0.3) is 10.9 Å². The number of benzene rings is 2. The molecule has 0 spiro atoms. The molecule has 1 unspecified atom stereocenters. The van der Waals surface area contributed by atoms with Crippen LogP contribution in [-0.4, -0.2) is 10.1 Å². The minimum atomic E-state index is -0.919. The quantitative estimate of drug-likeness (QED) is 0.762. The summed E-state index contributed by atoms with van der Waals surface area (Å²) in [6.45, 7) is 0. The molecule has 0 saturated carbocycles. The molecule has 1 N–H and O–H groups in total. The van der Waals surface area contributed by atoms with Crippen molar-refractivity contribution in [1.82, 2.24) is 4.98 Å². The monoisotopic (exact) mass is 331 g/mol. The van der Waals surface area contributed by atoms with Crippen molar-refractivity contribution in [2.24, 2.45) is 0 Å². The Morgan fingerprint density at radius 1 is 1.10 bits per heavy atom. The standard InChI is InChI=1S/C16H11BrFNO/c17-14-6-5-12(18)8-13(14)16(20)11-7-10-3-1-2-4-15(10)19-9-11/h1-9,16,20H. The lowest BCUT2D eigenvalue weighted by molar-refractivity contribution is 0.219. The number of hydrogen-bond donors (Lipinski definition) is 1. The van der Waals surface area contributed by atoms with E-state index in [1.165, 1.54) is 12.1 Å². The number of nitrogens with zero attached hydrogens (tertiary/aromatic N) is 1. The van der Waals surface area contributed by atoms with Crippen LogP contribution in [0.15, 0.2) is 59.2 Å². The van der Waals surface area contributed by atoms with E-state index in [4.69, 9.17) is 0 Å². The van der Waals surface area contributed by atoms with Gasteiger partial charge in [0.1, 0.15) is 11.9 Å². The molecule has 2 aromatic carbocycles. The average molecular weight is 332 g/mol. The fourth-order valence-electron chi connectivity index (χ4n) is 2.14. The summed E-state index contributed by atoms with van der Waals surface area (Å²) < 4.78 is 14.0. The summed E-state index contributed by atoms with van der Waals surface area (Å²) in [5.74, 6) is -0.379. The number of pyridine rings is 1. The highest BCUT2D eigenvalue weighted by Gasteiger charge is 2.15. The zero-order chi connectivity index (χ0) is 14.1. The minimum Gasteiger partial charge on any atom is -0.384 e. The number of halogens is 2. The number of hydrogen-bond acceptors (Lipinski definition) is 2. The van der Waals surface area contributed by atoms with Gasteiger partial charge in [0.15, 0.2) is 0 Å². The molecule has 0 radical (unpaired) electrons. The molecule has 0 aliphatic carbocycles. The smallest absolute Gasteiger partial charge is 0.123 e. The fourth-order valence-corrected chi connectivity index (χ4v) is 2.60. The van der Waals surface area contributed by atoms with Crippen LogP contribution in [0.4, 0.5) is 4.39 Å². The van der Waals surface area contributed by atoms with Crippen LogP contribution in [0.1, 0.15) is 17.2 Å². The maximum absolute atomic E-state index is 13.3. The Balaban J connectivity index is 2.07. The van der Waals surface area contributed by atoms with E-state index in [1.54, 1.807) is 12.3 Å². The second-order valence-corrected chi connectivity index (χ2v) is 5.38. The van der Waals surface area contributed by atoms with Gasteiger partial charge in [-0.05, 0) is 30.3 Å². The van der Waals surface area contributed by atoms with Gasteiger partial charge < -0.3 is 5.11 Å². The zero-order valence-corrected chi connectivity index (χ0v) is 12.0. The minimum absolute atomic E-state index is 0.379. The maximum atomic E-state index is 13.3. The van der Waals surface area contributed by atoms with E-state index >= 15 is 0 Å². The molecule has 0 amide bonds. The Hall–Kier alpha value is -1.78. The van der Waals surface area contributed by atoms with E-state index in [1.807, 2.05) is 30.3 Å². The molecule has 1 atom stereocenters. The number of rotatable bonds is 2. The highest BCUT2D eigenvalue weighted by atomic mass is 79.9. The van der Waals surface area contributed by atoms with Crippen molar-refractivity contribution < 1.29 is 9.50 Å². The van der Waals surface area contributed by atoms with Crippen LogP contribution in [0.3, 0.4) is 0 Å². The molecule has 4 heteroatoms. The predicted octanol–water partition coefficient (Wildman–Crippen LogP) is 4.22. The summed E-state index contributed by atoms with van der Waals surface area (Å²) in [6, 6.07) is 13.8. The first-order chi connectivity index (χ1) is 9.65. The highest BCUT2D eigenvalue weighted by Crippen LogP contribution is 2.30. The Labute approximate surface area is 124 Å². The largest absolute Gasteiger partial charge is 0.384 e. The molecule has 3 aromatic rings. The molecular weight excluding hydrogens is 321 g/mol. The van der Waals surface area contributed by atoms with E-state index in [-0.39, 0.29) is 5.82 Å². The molecule has 0 aliphatic rings. The van der Waals surface area contributed by atoms with E-state index in [0.29, 0.717) is 15.6 Å². The molecule has 0 aliphatic heterocycles. The van der Waals surface area contributed by atoms with Crippen LogP contribution in [-0.2, 0) is 0 Å². The first-order valence-corrected chi connectivity index (χ1v) is 6.92. The molecular formula is C16H11BrFNO. The van der Waals surface area contributed by atoms with E-state index in [2.05, 4.69) is 20.9 Å².